The molecule has 0 atom stereocenters. The van der Waals surface area contributed by atoms with Crippen LogP contribution in [0.5, 0.6) is 23.0 Å². The van der Waals surface area contributed by atoms with Gasteiger partial charge in [0.2, 0.25) is 0 Å². The van der Waals surface area contributed by atoms with Gasteiger partial charge in [-0.3, -0.25) is 0 Å². The Morgan fingerprint density at radius 1 is 0.333 bits per heavy atom. The van der Waals surface area contributed by atoms with Crippen LogP contribution in [0.25, 0.3) is 33.4 Å². The summed E-state index contributed by atoms with van der Waals surface area (Å²) in [5.41, 5.74) is 16.8. The van der Waals surface area contributed by atoms with Crippen LogP contribution in [-0.2, 0) is 0 Å². The first-order valence-corrected chi connectivity index (χ1v) is 18.8. The molecule has 8 aromatic carbocycles. The first kappa shape index (κ1) is 32.2. The van der Waals surface area contributed by atoms with Gasteiger partial charge in [-0.1, -0.05) is 180 Å². The van der Waals surface area contributed by atoms with E-state index >= 15 is 0 Å². The van der Waals surface area contributed by atoms with Gasteiger partial charge in [-0.25, -0.2) is 0 Å². The van der Waals surface area contributed by atoms with Crippen LogP contribution in [0.4, 0.5) is 0 Å². The van der Waals surface area contributed by atoms with E-state index < -0.39 is 0 Å². The van der Waals surface area contributed by atoms with Crippen molar-refractivity contribution in [2.24, 2.45) is 0 Å². The van der Waals surface area contributed by atoms with Crippen molar-refractivity contribution in [2.45, 2.75) is 13.8 Å². The predicted molar refractivity (Wildman–Crippen MR) is 227 cm³/mol. The number of para-hydroxylation sites is 4. The highest BCUT2D eigenvalue weighted by atomic mass is 16.5. The van der Waals surface area contributed by atoms with Crippen molar-refractivity contribution in [1.29, 1.82) is 0 Å². The third-order valence-corrected chi connectivity index (χ3v) is 11.3. The van der Waals surface area contributed by atoms with Gasteiger partial charge in [0.1, 0.15) is 23.0 Å². The second-order valence-corrected chi connectivity index (χ2v) is 14.4. The van der Waals surface area contributed by atoms with E-state index in [1.54, 1.807) is 0 Å². The average Bonchev–Trinajstić information content (AvgIpc) is 3.22. The Labute approximate surface area is 317 Å². The summed E-state index contributed by atoms with van der Waals surface area (Å²) in [6, 6.07) is 65.3. The molecule has 0 aliphatic carbocycles. The average molecular weight is 690 g/mol. The van der Waals surface area contributed by atoms with Crippen LogP contribution >= 0.6 is 0 Å². The maximum absolute atomic E-state index is 7.08. The molecule has 0 radical (unpaired) electrons. The lowest BCUT2D eigenvalue weighted by Crippen LogP contribution is -2.56. The molecule has 4 heteroatoms. The van der Waals surface area contributed by atoms with Crippen molar-refractivity contribution in [3.63, 3.8) is 0 Å². The van der Waals surface area contributed by atoms with Gasteiger partial charge >= 0.3 is 0 Å². The first-order valence-electron chi connectivity index (χ1n) is 18.8. The fourth-order valence-corrected chi connectivity index (χ4v) is 8.86. The molecule has 54 heavy (non-hydrogen) atoms. The van der Waals surface area contributed by atoms with E-state index in [2.05, 4.69) is 196 Å². The molecule has 0 spiro atoms. The van der Waals surface area contributed by atoms with E-state index in [0.717, 1.165) is 39.6 Å². The summed E-state index contributed by atoms with van der Waals surface area (Å²) in [6.45, 7) is 4.39. The van der Waals surface area contributed by atoms with E-state index in [1.165, 1.54) is 60.7 Å². The van der Waals surface area contributed by atoms with E-state index in [1.807, 2.05) is 0 Å². The Morgan fingerprint density at radius 2 is 0.852 bits per heavy atom. The molecule has 0 bridgehead atoms. The molecule has 0 N–H and O–H groups in total. The molecule has 2 heterocycles. The summed E-state index contributed by atoms with van der Waals surface area (Å²) < 4.78 is 13.6. The van der Waals surface area contributed by atoms with Crippen LogP contribution in [-0.4, -0.2) is 13.4 Å². The number of fused-ring (bicyclic) bond motifs is 4. The standard InChI is InChI=1S/C50H36B2O2/c1-33-17-6-7-20-36(33)37-21-8-9-23-40(37)51-41-24-10-15-30-47(41)54-50-39(22-16-27-44(50)51)38-32-31-34(2)49(48(38)35-18-4-3-5-19-35)52-42-25-11-13-28-45(42)53-46-29-14-12-26-43(46)52/h3-32H,1-2H3. The molecular formula is C50H36B2O2. The SMILES string of the molecule is Cc1ccccc1-c1ccccc1B1c2ccccc2Oc2c1cccc2-c1ccc(C)c(B2c3ccccc3Oc3ccccc32)c1-c1ccccc1. The van der Waals surface area contributed by atoms with E-state index in [9.17, 15) is 0 Å². The third kappa shape index (κ3) is 5.21. The topological polar surface area (TPSA) is 18.5 Å². The largest absolute Gasteiger partial charge is 0.458 e. The minimum absolute atomic E-state index is 0.0277. The highest BCUT2D eigenvalue weighted by molar-refractivity contribution is 6.98. The van der Waals surface area contributed by atoms with E-state index in [-0.39, 0.29) is 13.4 Å². The number of benzene rings is 8. The lowest BCUT2D eigenvalue weighted by molar-refractivity contribution is 0.487. The van der Waals surface area contributed by atoms with Crippen LogP contribution < -0.4 is 42.3 Å². The van der Waals surface area contributed by atoms with Gasteiger partial charge in [-0.05, 0) is 87.3 Å². The summed E-state index contributed by atoms with van der Waals surface area (Å²) in [5.74, 6) is 3.60. The first-order chi connectivity index (χ1) is 26.7. The monoisotopic (exact) mass is 690 g/mol. The fraction of sp³-hybridized carbons (Fsp3) is 0.0400. The van der Waals surface area contributed by atoms with Gasteiger partial charge in [0.05, 0.1) is 0 Å². The third-order valence-electron chi connectivity index (χ3n) is 11.3. The Morgan fingerprint density at radius 3 is 1.54 bits per heavy atom. The highest BCUT2D eigenvalue weighted by Crippen LogP contribution is 2.40. The molecule has 0 saturated carbocycles. The molecule has 0 amide bonds. The number of rotatable bonds is 5. The Bertz CT molecular complexity index is 2670. The molecule has 8 aromatic rings. The second kappa shape index (κ2) is 13.2. The molecule has 0 unspecified atom stereocenters. The van der Waals surface area contributed by atoms with Crippen molar-refractivity contribution in [3.8, 4) is 56.4 Å². The Kier molecular flexibility index (Phi) is 7.84. The van der Waals surface area contributed by atoms with Crippen LogP contribution in [0, 0.1) is 13.8 Å². The summed E-state index contributed by atoms with van der Waals surface area (Å²) in [5, 5.41) is 0. The minimum atomic E-state index is -0.0313. The van der Waals surface area contributed by atoms with Crippen molar-refractivity contribution in [1.82, 2.24) is 0 Å². The van der Waals surface area contributed by atoms with Crippen LogP contribution in [0.15, 0.2) is 182 Å². The normalized spacial score (nSPS) is 12.5. The van der Waals surface area contributed by atoms with Crippen molar-refractivity contribution in [2.75, 3.05) is 0 Å². The maximum atomic E-state index is 7.08. The summed E-state index contributed by atoms with van der Waals surface area (Å²) in [6.07, 6.45) is 0. The van der Waals surface area contributed by atoms with E-state index in [0.29, 0.717) is 0 Å². The van der Waals surface area contributed by atoms with Crippen molar-refractivity contribution >= 4 is 46.2 Å². The van der Waals surface area contributed by atoms with Crippen molar-refractivity contribution < 1.29 is 9.47 Å². The minimum Gasteiger partial charge on any atom is -0.458 e. The molecule has 10 rings (SSSR count). The van der Waals surface area contributed by atoms with Gasteiger partial charge < -0.3 is 9.47 Å². The molecule has 2 nitrogen and oxygen atoms in total. The molecular weight excluding hydrogens is 654 g/mol. The summed E-state index contributed by atoms with van der Waals surface area (Å²) >= 11 is 0. The Balaban J connectivity index is 1.25. The quantitative estimate of drug-likeness (QED) is 0.169. The zero-order valence-electron chi connectivity index (χ0n) is 30.3. The molecule has 0 saturated heterocycles. The van der Waals surface area contributed by atoms with Gasteiger partial charge in [-0.2, -0.15) is 0 Å². The summed E-state index contributed by atoms with van der Waals surface area (Å²) in [4.78, 5) is 0. The van der Waals surface area contributed by atoms with Crippen LogP contribution in [0.3, 0.4) is 0 Å². The number of hydrogen-bond acceptors (Lipinski definition) is 2. The van der Waals surface area contributed by atoms with Crippen molar-refractivity contribution in [3.05, 3.63) is 193 Å². The zero-order valence-corrected chi connectivity index (χ0v) is 30.3. The molecule has 0 fully saturated rings. The molecule has 2 aliphatic rings. The van der Waals surface area contributed by atoms with Crippen LogP contribution in [0.2, 0.25) is 0 Å². The van der Waals surface area contributed by atoms with Gasteiger partial charge in [-0.15, -0.1) is 0 Å². The highest BCUT2D eigenvalue weighted by Gasteiger charge is 2.38. The van der Waals surface area contributed by atoms with Gasteiger partial charge in [0.25, 0.3) is 13.4 Å². The Hall–Kier alpha value is -6.51. The fourth-order valence-electron chi connectivity index (χ4n) is 8.86. The number of ether oxygens (including phenoxy) is 2. The number of hydrogen-bond donors (Lipinski definition) is 0. The molecule has 0 aromatic heterocycles. The molecule has 2 aliphatic heterocycles. The predicted octanol–water partition coefficient (Wildman–Crippen LogP) is 8.55. The van der Waals surface area contributed by atoms with Crippen LogP contribution in [0.1, 0.15) is 11.1 Å². The van der Waals surface area contributed by atoms with Gasteiger partial charge in [0.15, 0.2) is 0 Å². The maximum Gasteiger partial charge on any atom is 0.252 e. The van der Waals surface area contributed by atoms with E-state index in [4.69, 9.17) is 9.47 Å². The van der Waals surface area contributed by atoms with Gasteiger partial charge in [0, 0.05) is 5.56 Å². The number of aryl methyl sites for hydroxylation is 2. The lowest BCUT2D eigenvalue weighted by Gasteiger charge is -2.32. The molecule has 254 valence electrons. The zero-order chi connectivity index (χ0) is 36.2. The second-order valence-electron chi connectivity index (χ2n) is 14.4. The smallest absolute Gasteiger partial charge is 0.252 e. The lowest BCUT2D eigenvalue weighted by atomic mass is 9.34. The summed E-state index contributed by atoms with van der Waals surface area (Å²) in [7, 11) is 0.